The Kier molecular flexibility index (Phi) is 4.24. The summed E-state index contributed by atoms with van der Waals surface area (Å²) in [4.78, 5) is 0. The molecule has 104 valence electrons. The molecule has 1 aromatic rings. The van der Waals surface area contributed by atoms with Crippen LogP contribution in [-0.2, 0) is 6.54 Å². The van der Waals surface area contributed by atoms with Crippen molar-refractivity contribution in [3.05, 3.63) is 29.3 Å². The Hall–Kier alpha value is -1.79. The molecule has 0 atom stereocenters. The highest BCUT2D eigenvalue weighted by Crippen LogP contribution is 2.22. The van der Waals surface area contributed by atoms with Crippen molar-refractivity contribution in [2.75, 3.05) is 7.11 Å². The number of hydrogen-bond acceptors (Lipinski definition) is 5. The third kappa shape index (κ3) is 3.15. The van der Waals surface area contributed by atoms with Gasteiger partial charge in [-0.15, -0.1) is 0 Å². The van der Waals surface area contributed by atoms with E-state index in [1.54, 1.807) is 6.07 Å². The molecule has 0 saturated heterocycles. The van der Waals surface area contributed by atoms with E-state index in [2.05, 4.69) is 10.5 Å². The van der Waals surface area contributed by atoms with E-state index in [0.29, 0.717) is 23.9 Å². The summed E-state index contributed by atoms with van der Waals surface area (Å²) < 4.78 is 5.17. The third-order valence-corrected chi connectivity index (χ3v) is 3.36. The molecule has 2 rings (SSSR count). The Bertz CT molecular complexity index is 470. The molecule has 0 aliphatic heterocycles. The second kappa shape index (κ2) is 5.90. The number of nitrogens with zero attached hydrogens (tertiary/aromatic N) is 1. The SMILES string of the molecule is COc1ccc(CNC2CC(O)C2)cc1C(N)=NO. The summed E-state index contributed by atoms with van der Waals surface area (Å²) >= 11 is 0. The average molecular weight is 265 g/mol. The Labute approximate surface area is 111 Å². The summed E-state index contributed by atoms with van der Waals surface area (Å²) in [5, 5.41) is 24.3. The Morgan fingerprint density at radius 3 is 2.84 bits per heavy atom. The van der Waals surface area contributed by atoms with Crippen LogP contribution in [0.5, 0.6) is 5.75 Å². The van der Waals surface area contributed by atoms with Crippen molar-refractivity contribution in [2.24, 2.45) is 10.9 Å². The zero-order valence-electron chi connectivity index (χ0n) is 10.8. The molecule has 0 bridgehead atoms. The third-order valence-electron chi connectivity index (χ3n) is 3.36. The lowest BCUT2D eigenvalue weighted by atomic mass is 9.89. The van der Waals surface area contributed by atoms with Gasteiger partial charge in [0.15, 0.2) is 5.84 Å². The molecule has 0 radical (unpaired) electrons. The van der Waals surface area contributed by atoms with Gasteiger partial charge in [-0.2, -0.15) is 0 Å². The molecule has 5 N–H and O–H groups in total. The number of aliphatic hydroxyl groups excluding tert-OH is 1. The molecule has 1 aliphatic carbocycles. The summed E-state index contributed by atoms with van der Waals surface area (Å²) in [5.74, 6) is 0.593. The van der Waals surface area contributed by atoms with E-state index in [1.807, 2.05) is 12.1 Å². The molecular weight excluding hydrogens is 246 g/mol. The summed E-state index contributed by atoms with van der Waals surface area (Å²) in [6.07, 6.45) is 1.42. The molecule has 1 fully saturated rings. The minimum atomic E-state index is -0.166. The van der Waals surface area contributed by atoms with Gasteiger partial charge in [0.25, 0.3) is 0 Å². The first-order chi connectivity index (χ1) is 9.13. The van der Waals surface area contributed by atoms with Crippen molar-refractivity contribution in [1.82, 2.24) is 5.32 Å². The van der Waals surface area contributed by atoms with Crippen LogP contribution in [0.25, 0.3) is 0 Å². The van der Waals surface area contributed by atoms with Gasteiger partial charge in [0, 0.05) is 12.6 Å². The largest absolute Gasteiger partial charge is 0.496 e. The van der Waals surface area contributed by atoms with E-state index < -0.39 is 0 Å². The second-order valence-corrected chi connectivity index (χ2v) is 4.72. The number of oxime groups is 1. The van der Waals surface area contributed by atoms with E-state index in [-0.39, 0.29) is 11.9 Å². The lowest BCUT2D eigenvalue weighted by molar-refractivity contribution is 0.0619. The first kappa shape index (κ1) is 13.6. The molecule has 1 aliphatic rings. The van der Waals surface area contributed by atoms with Crippen molar-refractivity contribution in [3.63, 3.8) is 0 Å². The fraction of sp³-hybridized carbons (Fsp3) is 0.462. The molecule has 0 spiro atoms. The molecular formula is C13H19N3O3. The van der Waals surface area contributed by atoms with Gasteiger partial charge in [0.05, 0.1) is 18.8 Å². The normalized spacial score (nSPS) is 22.9. The second-order valence-electron chi connectivity index (χ2n) is 4.72. The summed E-state index contributed by atoms with van der Waals surface area (Å²) in [5.41, 5.74) is 7.20. The van der Waals surface area contributed by atoms with Crippen molar-refractivity contribution in [2.45, 2.75) is 31.5 Å². The van der Waals surface area contributed by atoms with E-state index in [0.717, 1.165) is 18.4 Å². The molecule has 6 heteroatoms. The smallest absolute Gasteiger partial charge is 0.173 e. The van der Waals surface area contributed by atoms with Gasteiger partial charge in [-0.1, -0.05) is 11.2 Å². The minimum Gasteiger partial charge on any atom is -0.496 e. The molecule has 19 heavy (non-hydrogen) atoms. The van der Waals surface area contributed by atoms with Crippen LogP contribution in [0.1, 0.15) is 24.0 Å². The number of aliphatic hydroxyl groups is 1. The van der Waals surface area contributed by atoms with Gasteiger partial charge in [0.2, 0.25) is 0 Å². The van der Waals surface area contributed by atoms with Gasteiger partial charge >= 0.3 is 0 Å². The Balaban J connectivity index is 2.05. The minimum absolute atomic E-state index is 0.0257. The van der Waals surface area contributed by atoms with Gasteiger partial charge in [-0.25, -0.2) is 0 Å². The van der Waals surface area contributed by atoms with Gasteiger partial charge in [-0.3, -0.25) is 0 Å². The highest BCUT2D eigenvalue weighted by molar-refractivity contribution is 5.99. The van der Waals surface area contributed by atoms with Crippen LogP contribution in [0.15, 0.2) is 23.4 Å². The summed E-state index contributed by atoms with van der Waals surface area (Å²) in [6, 6.07) is 5.91. The Morgan fingerprint density at radius 2 is 2.26 bits per heavy atom. The number of amidine groups is 1. The lowest BCUT2D eigenvalue weighted by Crippen LogP contribution is -2.43. The fourth-order valence-electron chi connectivity index (χ4n) is 2.14. The van der Waals surface area contributed by atoms with Crippen LogP contribution in [0.2, 0.25) is 0 Å². The van der Waals surface area contributed by atoms with E-state index in [4.69, 9.17) is 15.7 Å². The monoisotopic (exact) mass is 265 g/mol. The van der Waals surface area contributed by atoms with Crippen LogP contribution in [0, 0.1) is 0 Å². The van der Waals surface area contributed by atoms with E-state index >= 15 is 0 Å². The summed E-state index contributed by atoms with van der Waals surface area (Å²) in [7, 11) is 1.54. The first-order valence-electron chi connectivity index (χ1n) is 6.20. The fourth-order valence-corrected chi connectivity index (χ4v) is 2.14. The molecule has 0 aromatic heterocycles. The van der Waals surface area contributed by atoms with E-state index in [9.17, 15) is 5.11 Å². The molecule has 1 aromatic carbocycles. The zero-order chi connectivity index (χ0) is 13.8. The topological polar surface area (TPSA) is 100 Å². The molecule has 0 amide bonds. The molecule has 6 nitrogen and oxygen atoms in total. The number of nitrogens with two attached hydrogens (primary N) is 1. The highest BCUT2D eigenvalue weighted by atomic mass is 16.5. The van der Waals surface area contributed by atoms with E-state index in [1.165, 1.54) is 7.11 Å². The number of hydrogen-bond donors (Lipinski definition) is 4. The Morgan fingerprint density at radius 1 is 1.53 bits per heavy atom. The predicted octanol–water partition coefficient (Wildman–Crippen LogP) is 0.403. The van der Waals surface area contributed by atoms with Crippen molar-refractivity contribution >= 4 is 5.84 Å². The summed E-state index contributed by atoms with van der Waals surface area (Å²) in [6.45, 7) is 0.674. The lowest BCUT2D eigenvalue weighted by Gasteiger charge is -2.32. The van der Waals surface area contributed by atoms with Gasteiger partial charge in [0.1, 0.15) is 5.75 Å². The standard InChI is InChI=1S/C13H19N3O3/c1-19-12-3-2-8(4-11(12)13(14)16-18)7-15-9-5-10(17)6-9/h2-4,9-10,15,17-18H,5-7H2,1H3,(H2,14,16). The number of benzene rings is 1. The van der Waals surface area contributed by atoms with Gasteiger partial charge in [-0.05, 0) is 30.5 Å². The number of ether oxygens (including phenoxy) is 1. The van der Waals surface area contributed by atoms with Crippen molar-refractivity contribution in [1.29, 1.82) is 0 Å². The first-order valence-corrected chi connectivity index (χ1v) is 6.20. The van der Waals surface area contributed by atoms with Crippen LogP contribution >= 0.6 is 0 Å². The van der Waals surface area contributed by atoms with Crippen LogP contribution in [0.3, 0.4) is 0 Å². The average Bonchev–Trinajstić information content (AvgIpc) is 2.41. The molecule has 0 unspecified atom stereocenters. The molecule has 1 saturated carbocycles. The van der Waals surface area contributed by atoms with Gasteiger partial charge < -0.3 is 26.1 Å². The maximum absolute atomic E-state index is 9.22. The quantitative estimate of drug-likeness (QED) is 0.267. The van der Waals surface area contributed by atoms with Crippen LogP contribution in [0.4, 0.5) is 0 Å². The maximum Gasteiger partial charge on any atom is 0.173 e. The predicted molar refractivity (Wildman–Crippen MR) is 71.4 cm³/mol. The number of methoxy groups -OCH3 is 1. The number of rotatable bonds is 5. The number of nitrogens with one attached hydrogen (secondary N) is 1. The highest BCUT2D eigenvalue weighted by Gasteiger charge is 2.26. The van der Waals surface area contributed by atoms with Crippen molar-refractivity contribution in [3.8, 4) is 5.75 Å². The van der Waals surface area contributed by atoms with Crippen LogP contribution < -0.4 is 15.8 Å². The van der Waals surface area contributed by atoms with Crippen LogP contribution in [-0.4, -0.2) is 35.4 Å². The zero-order valence-corrected chi connectivity index (χ0v) is 10.8. The molecule has 0 heterocycles. The maximum atomic E-state index is 9.22. The van der Waals surface area contributed by atoms with Crippen molar-refractivity contribution < 1.29 is 15.1 Å².